The summed E-state index contributed by atoms with van der Waals surface area (Å²) in [6.45, 7) is -1.48. The molecule has 0 atom stereocenters. The van der Waals surface area contributed by atoms with Crippen LogP contribution >= 0.6 is 0 Å². The van der Waals surface area contributed by atoms with Crippen LogP contribution in [0, 0.1) is 0 Å². The van der Waals surface area contributed by atoms with Crippen molar-refractivity contribution in [1.29, 1.82) is 0 Å². The lowest BCUT2D eigenvalue weighted by Crippen LogP contribution is -2.37. The molecule has 0 unspecified atom stereocenters. The van der Waals surface area contributed by atoms with E-state index in [9.17, 15) is 18.0 Å². The summed E-state index contributed by atoms with van der Waals surface area (Å²) in [4.78, 5) is 11.1. The van der Waals surface area contributed by atoms with Gasteiger partial charge < -0.3 is 16.3 Å². The third kappa shape index (κ3) is 3.84. The number of hydrogen-bond donors (Lipinski definition) is 5. The van der Waals surface area contributed by atoms with Gasteiger partial charge >= 0.3 is 12.2 Å². The van der Waals surface area contributed by atoms with Crippen molar-refractivity contribution in [2.24, 2.45) is 10.9 Å². The van der Waals surface area contributed by atoms with Gasteiger partial charge in [-0.2, -0.15) is 18.3 Å². The number of H-pyrrole nitrogens is 1. The van der Waals surface area contributed by atoms with E-state index in [2.05, 4.69) is 15.4 Å². The third-order valence-corrected chi connectivity index (χ3v) is 1.71. The lowest BCUT2D eigenvalue weighted by atomic mass is 10.3. The van der Waals surface area contributed by atoms with Crippen LogP contribution in [-0.2, 0) is 0 Å². The normalized spacial score (nSPS) is 12.3. The molecule has 0 spiro atoms. The minimum Gasteiger partial charge on any atom is -0.409 e. The van der Waals surface area contributed by atoms with E-state index in [0.717, 1.165) is 6.20 Å². The van der Waals surface area contributed by atoms with Crippen LogP contribution in [0.2, 0.25) is 0 Å². The highest BCUT2D eigenvalue weighted by atomic mass is 19.4. The molecule has 1 aromatic rings. The largest absolute Gasteiger partial charge is 0.409 e. The Hall–Kier alpha value is -2.46. The number of carbonyl (C=O) groups is 1. The molecule has 1 rings (SSSR count). The van der Waals surface area contributed by atoms with Gasteiger partial charge in [0.15, 0.2) is 5.84 Å². The molecule has 1 aromatic heterocycles. The number of nitrogens with two attached hydrogens (primary N) is 1. The predicted octanol–water partition coefficient (Wildman–Crippen LogP) is 0.188. The van der Waals surface area contributed by atoms with Crippen LogP contribution < -0.4 is 16.4 Å². The molecule has 1 heterocycles. The number of nitrogens with zero attached hydrogens (tertiary/aromatic N) is 2. The molecule has 6 N–H and O–H groups in total. The quantitative estimate of drug-likeness (QED) is 0.231. The second-order valence-corrected chi connectivity index (χ2v) is 3.07. The standard InChI is InChI=1S/C7H9F3N6O2/c8-7(9,10)2-12-6(17)14-5-3(1-13-15-5)4(11)16-18/h1,18H,2H2,(H2,11,16)(H3,12,13,14,15,17). The van der Waals surface area contributed by atoms with Crippen molar-refractivity contribution >= 4 is 17.7 Å². The summed E-state index contributed by atoms with van der Waals surface area (Å²) in [6, 6.07) is -1.11. The number of urea groups is 1. The van der Waals surface area contributed by atoms with E-state index < -0.39 is 18.8 Å². The summed E-state index contributed by atoms with van der Waals surface area (Å²) in [7, 11) is 0. The molecule has 0 aliphatic heterocycles. The SMILES string of the molecule is NC(=NO)c1cn[nH]c1NC(=O)NCC(F)(F)F. The zero-order valence-electron chi connectivity index (χ0n) is 8.75. The Kier molecular flexibility index (Phi) is 3.97. The number of nitrogens with one attached hydrogen (secondary N) is 3. The smallest absolute Gasteiger partial charge is 0.405 e. The number of alkyl halides is 3. The fraction of sp³-hybridized carbons (Fsp3) is 0.286. The van der Waals surface area contributed by atoms with E-state index in [-0.39, 0.29) is 17.2 Å². The minimum absolute atomic E-state index is 0.0414. The van der Waals surface area contributed by atoms with Crippen LogP contribution in [0.1, 0.15) is 5.56 Å². The average molecular weight is 266 g/mol. The minimum atomic E-state index is -4.51. The molecule has 0 fully saturated rings. The van der Waals surface area contributed by atoms with Gasteiger partial charge in [-0.05, 0) is 0 Å². The second kappa shape index (κ2) is 5.25. The van der Waals surface area contributed by atoms with Gasteiger partial charge in [0.2, 0.25) is 0 Å². The average Bonchev–Trinajstić information content (AvgIpc) is 2.72. The molecule has 0 aliphatic carbocycles. The molecule has 18 heavy (non-hydrogen) atoms. The highest BCUT2D eigenvalue weighted by Crippen LogP contribution is 2.13. The number of aromatic nitrogens is 2. The molecule has 8 nitrogen and oxygen atoms in total. The first-order valence-electron chi connectivity index (χ1n) is 4.46. The van der Waals surface area contributed by atoms with Crippen molar-refractivity contribution < 1.29 is 23.2 Å². The Bertz CT molecular complexity index is 454. The number of rotatable bonds is 3. The number of carbonyl (C=O) groups excluding carboxylic acids is 1. The summed E-state index contributed by atoms with van der Waals surface area (Å²) in [5.41, 5.74) is 5.29. The fourth-order valence-corrected chi connectivity index (χ4v) is 0.968. The lowest BCUT2D eigenvalue weighted by molar-refractivity contribution is -0.122. The van der Waals surface area contributed by atoms with Gasteiger partial charge in [-0.1, -0.05) is 5.16 Å². The molecule has 0 saturated carbocycles. The maximum atomic E-state index is 11.8. The molecular formula is C7H9F3N6O2. The topological polar surface area (TPSA) is 128 Å². The molecule has 0 radical (unpaired) electrons. The molecule has 0 aliphatic rings. The Morgan fingerprint density at radius 2 is 2.28 bits per heavy atom. The maximum Gasteiger partial charge on any atom is 0.405 e. The zero-order chi connectivity index (χ0) is 13.8. The van der Waals surface area contributed by atoms with Crippen LogP contribution in [-0.4, -0.2) is 40.0 Å². The number of amides is 2. The van der Waals surface area contributed by atoms with Gasteiger partial charge in [0.1, 0.15) is 12.4 Å². The van der Waals surface area contributed by atoms with E-state index in [1.54, 1.807) is 5.32 Å². The van der Waals surface area contributed by atoms with Crippen molar-refractivity contribution in [3.8, 4) is 0 Å². The van der Waals surface area contributed by atoms with Gasteiger partial charge in [-0.15, -0.1) is 0 Å². The summed E-state index contributed by atoms with van der Waals surface area (Å²) in [5, 5.41) is 20.5. The number of halogens is 3. The summed E-state index contributed by atoms with van der Waals surface area (Å²) in [5.74, 6) is -0.445. The van der Waals surface area contributed by atoms with Gasteiger partial charge in [-0.3, -0.25) is 10.4 Å². The zero-order valence-corrected chi connectivity index (χ0v) is 8.75. The van der Waals surface area contributed by atoms with Crippen molar-refractivity contribution in [2.45, 2.75) is 6.18 Å². The monoisotopic (exact) mass is 266 g/mol. The van der Waals surface area contributed by atoms with E-state index in [4.69, 9.17) is 10.9 Å². The second-order valence-electron chi connectivity index (χ2n) is 3.07. The molecule has 2 amide bonds. The van der Waals surface area contributed by atoms with Crippen LogP contribution in [0.5, 0.6) is 0 Å². The molecule has 0 bridgehead atoms. The first-order valence-corrected chi connectivity index (χ1v) is 4.46. The van der Waals surface area contributed by atoms with E-state index in [1.165, 1.54) is 0 Å². The summed E-state index contributed by atoms with van der Waals surface area (Å²) < 4.78 is 35.5. The highest BCUT2D eigenvalue weighted by molar-refractivity contribution is 6.04. The summed E-state index contributed by atoms with van der Waals surface area (Å²) in [6.07, 6.45) is -3.38. The van der Waals surface area contributed by atoms with Crippen molar-refractivity contribution in [3.63, 3.8) is 0 Å². The number of aromatic amines is 1. The van der Waals surface area contributed by atoms with E-state index in [1.807, 2.05) is 5.32 Å². The fourth-order valence-electron chi connectivity index (χ4n) is 0.968. The Balaban J connectivity index is 2.63. The maximum absolute atomic E-state index is 11.8. The van der Waals surface area contributed by atoms with Gasteiger partial charge in [0.05, 0.1) is 11.8 Å². The lowest BCUT2D eigenvalue weighted by Gasteiger charge is -2.09. The number of anilines is 1. The Morgan fingerprint density at radius 3 is 2.83 bits per heavy atom. The van der Waals surface area contributed by atoms with Crippen LogP contribution in [0.25, 0.3) is 0 Å². The number of oxime groups is 1. The Morgan fingerprint density at radius 1 is 1.61 bits per heavy atom. The summed E-state index contributed by atoms with van der Waals surface area (Å²) >= 11 is 0. The predicted molar refractivity (Wildman–Crippen MR) is 54.2 cm³/mol. The van der Waals surface area contributed by atoms with Gasteiger partial charge in [-0.25, -0.2) is 4.79 Å². The van der Waals surface area contributed by atoms with Crippen molar-refractivity contribution in [3.05, 3.63) is 11.8 Å². The third-order valence-electron chi connectivity index (χ3n) is 1.71. The molecular weight excluding hydrogens is 257 g/mol. The van der Waals surface area contributed by atoms with Crippen molar-refractivity contribution in [2.75, 3.05) is 11.9 Å². The number of hydrogen-bond acceptors (Lipinski definition) is 4. The Labute approximate surface area is 98.0 Å². The first-order chi connectivity index (χ1) is 8.33. The molecule has 100 valence electrons. The molecule has 0 saturated heterocycles. The molecule has 11 heteroatoms. The first kappa shape index (κ1) is 13.6. The van der Waals surface area contributed by atoms with Crippen LogP contribution in [0.4, 0.5) is 23.8 Å². The number of amidine groups is 1. The van der Waals surface area contributed by atoms with E-state index in [0.29, 0.717) is 0 Å². The highest BCUT2D eigenvalue weighted by Gasteiger charge is 2.27. The van der Waals surface area contributed by atoms with Gasteiger partial charge in [0, 0.05) is 0 Å². The van der Waals surface area contributed by atoms with Gasteiger partial charge in [0.25, 0.3) is 0 Å². The van der Waals surface area contributed by atoms with Crippen LogP contribution in [0.3, 0.4) is 0 Å². The van der Waals surface area contributed by atoms with Crippen LogP contribution in [0.15, 0.2) is 11.4 Å². The van der Waals surface area contributed by atoms with Crippen molar-refractivity contribution in [1.82, 2.24) is 15.5 Å². The molecule has 0 aromatic carbocycles. The van der Waals surface area contributed by atoms with E-state index >= 15 is 0 Å².